The number of carbonyl (C=O) groups excluding carboxylic acids is 3. The first kappa shape index (κ1) is 32.3. The maximum absolute atomic E-state index is 16.2. The molecule has 0 unspecified atom stereocenters. The van der Waals surface area contributed by atoms with Crippen LogP contribution in [0.4, 0.5) is 15.5 Å². The summed E-state index contributed by atoms with van der Waals surface area (Å²) < 4.78 is 28.0. The lowest BCUT2D eigenvalue weighted by Crippen LogP contribution is -2.44. The van der Waals surface area contributed by atoms with Gasteiger partial charge in [0.25, 0.3) is 11.8 Å². The number of amides is 3. The molecule has 2 N–H and O–H groups in total. The summed E-state index contributed by atoms with van der Waals surface area (Å²) in [7, 11) is -0.301. The Hall–Kier alpha value is -4.06. The van der Waals surface area contributed by atoms with Gasteiger partial charge < -0.3 is 33.8 Å². The number of likely N-dealkylation sites (N-methyl/N-ethyl adjacent to an activating group) is 1. The summed E-state index contributed by atoms with van der Waals surface area (Å²) >= 11 is 0. The monoisotopic (exact) mass is 633 g/mol. The number of fused-ring (bicyclic) bond motifs is 2. The summed E-state index contributed by atoms with van der Waals surface area (Å²) in [6.45, 7) is 5.17. The molecule has 0 aromatic heterocycles. The highest BCUT2D eigenvalue weighted by atomic mass is 28.4. The van der Waals surface area contributed by atoms with Crippen LogP contribution in [-0.2, 0) is 26.5 Å². The molecule has 5 rings (SSSR count). The third-order valence-corrected chi connectivity index (χ3v) is 11.5. The van der Waals surface area contributed by atoms with Crippen molar-refractivity contribution in [3.05, 3.63) is 89.5 Å². The Balaban J connectivity index is 1.46. The first-order valence-corrected chi connectivity index (χ1v) is 18.0. The van der Waals surface area contributed by atoms with Gasteiger partial charge in [-0.2, -0.15) is 0 Å². The van der Waals surface area contributed by atoms with Crippen LogP contribution >= 0.6 is 0 Å². The van der Waals surface area contributed by atoms with E-state index >= 15 is 4.11 Å². The van der Waals surface area contributed by atoms with Crippen LogP contribution in [0.2, 0.25) is 18.6 Å². The number of ether oxygens (including phenoxy) is 2. The van der Waals surface area contributed by atoms with Gasteiger partial charge in [-0.15, -0.1) is 0 Å². The Bertz CT molecular complexity index is 1560. The molecule has 2 aliphatic heterocycles. The molecule has 0 aliphatic carbocycles. The van der Waals surface area contributed by atoms with Crippen LogP contribution in [0.3, 0.4) is 0 Å². The van der Waals surface area contributed by atoms with Crippen molar-refractivity contribution in [1.82, 2.24) is 4.90 Å². The summed E-state index contributed by atoms with van der Waals surface area (Å²) in [6.07, 6.45) is -0.999. The van der Waals surface area contributed by atoms with Crippen molar-refractivity contribution in [2.45, 2.75) is 50.2 Å². The van der Waals surface area contributed by atoms with Gasteiger partial charge in [-0.25, -0.2) is 0 Å². The van der Waals surface area contributed by atoms with Gasteiger partial charge in [0.05, 0.1) is 31.9 Å². The Morgan fingerprint density at radius 2 is 1.80 bits per heavy atom. The van der Waals surface area contributed by atoms with Gasteiger partial charge in [-0.1, -0.05) is 37.3 Å². The second-order valence-corrected chi connectivity index (χ2v) is 16.1. The summed E-state index contributed by atoms with van der Waals surface area (Å²) in [5, 5.41) is 12.6. The molecule has 238 valence electrons. The lowest BCUT2D eigenvalue weighted by molar-refractivity contribution is -0.149. The number of hydrogen-bond acceptors (Lipinski definition) is 6. The predicted molar refractivity (Wildman–Crippen MR) is 172 cm³/mol. The van der Waals surface area contributed by atoms with Crippen LogP contribution in [0, 0.1) is 5.92 Å². The Labute approximate surface area is 264 Å². The van der Waals surface area contributed by atoms with Crippen molar-refractivity contribution in [3.8, 4) is 5.75 Å². The van der Waals surface area contributed by atoms with Crippen LogP contribution < -0.4 is 15.0 Å². The van der Waals surface area contributed by atoms with Crippen molar-refractivity contribution in [1.29, 1.82) is 0 Å². The van der Waals surface area contributed by atoms with Crippen molar-refractivity contribution < 1.29 is 33.1 Å². The fourth-order valence-corrected chi connectivity index (χ4v) is 9.39. The van der Waals surface area contributed by atoms with Crippen molar-refractivity contribution >= 4 is 37.5 Å². The Kier molecular flexibility index (Phi) is 9.15. The smallest absolute Gasteiger partial charge is 0.264 e. The molecular formula is C34H40FN3O6Si. The number of anilines is 2. The largest absolute Gasteiger partial charge is 0.497 e. The fourth-order valence-electron chi connectivity index (χ4n) is 6.89. The summed E-state index contributed by atoms with van der Waals surface area (Å²) in [4.78, 5) is 43.9. The van der Waals surface area contributed by atoms with Gasteiger partial charge in [0, 0.05) is 48.4 Å². The Morgan fingerprint density at radius 1 is 1.11 bits per heavy atom. The van der Waals surface area contributed by atoms with E-state index in [9.17, 15) is 19.5 Å². The average Bonchev–Trinajstić information content (AvgIpc) is 3.43. The van der Waals surface area contributed by atoms with E-state index in [2.05, 4.69) is 5.32 Å². The zero-order valence-electron chi connectivity index (χ0n) is 26.2. The topological polar surface area (TPSA) is 108 Å². The van der Waals surface area contributed by atoms with E-state index in [-0.39, 0.29) is 43.8 Å². The minimum absolute atomic E-state index is 0.115. The minimum Gasteiger partial charge on any atom is -0.497 e. The number of methoxy groups -OCH3 is 1. The zero-order chi connectivity index (χ0) is 32.5. The number of benzene rings is 3. The van der Waals surface area contributed by atoms with Crippen molar-refractivity contribution in [2.75, 3.05) is 37.5 Å². The molecule has 3 aromatic rings. The van der Waals surface area contributed by atoms with Crippen LogP contribution in [0.25, 0.3) is 0 Å². The molecule has 1 fully saturated rings. The third kappa shape index (κ3) is 6.12. The number of nitrogens with one attached hydrogen (secondary N) is 1. The molecule has 11 heteroatoms. The highest BCUT2D eigenvalue weighted by molar-refractivity contribution is 6.72. The van der Waals surface area contributed by atoms with Crippen LogP contribution in [-0.4, -0.2) is 69.5 Å². The zero-order valence-corrected chi connectivity index (χ0v) is 27.2. The molecule has 2 aliphatic rings. The van der Waals surface area contributed by atoms with Crippen molar-refractivity contribution in [2.24, 2.45) is 5.92 Å². The average molecular weight is 634 g/mol. The number of nitrogens with zero attached hydrogens (tertiary/aromatic N) is 2. The van der Waals surface area contributed by atoms with E-state index in [0.717, 1.165) is 5.56 Å². The normalized spacial score (nSPS) is 22.4. The molecule has 3 amide bonds. The second kappa shape index (κ2) is 12.7. The first-order valence-electron chi connectivity index (χ1n) is 15.1. The minimum atomic E-state index is -3.50. The molecule has 9 nitrogen and oxygen atoms in total. The van der Waals surface area contributed by atoms with E-state index in [1.807, 2.05) is 37.3 Å². The lowest BCUT2D eigenvalue weighted by atomic mass is 9.82. The molecule has 45 heavy (non-hydrogen) atoms. The van der Waals surface area contributed by atoms with Crippen LogP contribution in [0.5, 0.6) is 5.75 Å². The highest BCUT2D eigenvalue weighted by Crippen LogP contribution is 2.60. The molecule has 0 saturated carbocycles. The fraction of sp³-hybridized carbons (Fsp3) is 0.382. The maximum Gasteiger partial charge on any atom is 0.264 e. The quantitative estimate of drug-likeness (QED) is 0.237. The second-order valence-electron chi connectivity index (χ2n) is 12.3. The summed E-state index contributed by atoms with van der Waals surface area (Å²) in [5.74, 6) is -0.929. The number of halogens is 1. The third-order valence-electron chi connectivity index (χ3n) is 9.02. The molecule has 1 saturated heterocycles. The number of hydrogen-bond donors (Lipinski definition) is 2. The van der Waals surface area contributed by atoms with Crippen molar-refractivity contribution in [3.63, 3.8) is 0 Å². The number of aliphatic hydroxyl groups excluding tert-OH is 1. The highest BCUT2D eigenvalue weighted by Gasteiger charge is 2.66. The van der Waals surface area contributed by atoms with E-state index in [1.54, 1.807) is 74.6 Å². The van der Waals surface area contributed by atoms with Gasteiger partial charge in [-0.3, -0.25) is 14.4 Å². The van der Waals surface area contributed by atoms with Gasteiger partial charge in [0.15, 0.2) is 5.60 Å². The van der Waals surface area contributed by atoms with Crippen LogP contribution in [0.1, 0.15) is 34.8 Å². The van der Waals surface area contributed by atoms with E-state index in [0.29, 0.717) is 28.3 Å². The molecule has 1 spiro atoms. The number of carbonyl (C=O) groups is 3. The summed E-state index contributed by atoms with van der Waals surface area (Å²) in [6, 6.07) is 21.3. The molecule has 0 radical (unpaired) electrons. The van der Waals surface area contributed by atoms with Gasteiger partial charge in [0.2, 0.25) is 14.3 Å². The number of aliphatic hydroxyl groups is 1. The molecule has 2 heterocycles. The molecule has 4 atom stereocenters. The van der Waals surface area contributed by atoms with E-state index < -0.39 is 31.6 Å². The molecule has 3 aromatic carbocycles. The van der Waals surface area contributed by atoms with E-state index in [1.165, 1.54) is 4.90 Å². The predicted octanol–water partition coefficient (Wildman–Crippen LogP) is 5.11. The molecular weight excluding hydrogens is 593 g/mol. The standard InChI is InChI=1S/C34H40FN3O6Si/c1-22-31(45(4,5)35)29(20-30(40)38(17-18-39)21-23-9-7-6-8-10-23)44-34(22)27-19-25(13-16-28(27)37(2)33(34)42)36-32(41)24-11-14-26(43-3)15-12-24/h6-16,19,22,29,31,39H,17-18,20-21H2,1-5H3,(H,36,41)/t22-,29+,31-,34+/m0/s1. The number of rotatable bonds is 10. The van der Waals surface area contributed by atoms with Crippen LogP contribution in [0.15, 0.2) is 72.8 Å². The van der Waals surface area contributed by atoms with Gasteiger partial charge in [-0.05, 0) is 61.1 Å². The Morgan fingerprint density at radius 3 is 2.42 bits per heavy atom. The van der Waals surface area contributed by atoms with E-state index in [4.69, 9.17) is 9.47 Å². The maximum atomic E-state index is 16.2. The molecule has 0 bridgehead atoms. The van der Waals surface area contributed by atoms with Gasteiger partial charge in [0.1, 0.15) is 5.75 Å². The SMILES string of the molecule is COc1ccc(C(=O)Nc2ccc3c(c2)[C@@]2(O[C@H](CC(=O)N(CCO)Cc4ccccc4)[C@@H]([Si](C)(C)F)[C@@H]2C)C(=O)N3C)cc1. The lowest BCUT2D eigenvalue weighted by Gasteiger charge is -2.31. The van der Waals surface area contributed by atoms with Gasteiger partial charge >= 0.3 is 0 Å². The first-order chi connectivity index (χ1) is 21.4. The summed E-state index contributed by atoms with van der Waals surface area (Å²) in [5.41, 5.74) is 0.718.